The molecule has 1 aromatic heterocycles. The molecule has 0 bridgehead atoms. The monoisotopic (exact) mass is 430 g/mol. The third-order valence-electron chi connectivity index (χ3n) is 4.56. The molecule has 11 heteroatoms. The average Bonchev–Trinajstić information content (AvgIpc) is 3.02. The standard InChI is InChI=1S/C18H21F3N4O3S/c1-12(2)7-8-24-9-14-16(17(26)22-10-18(19,20)21)23-11-25(14)13-5-3-4-6-15(13)29(24,27)28/h3-6,11-12H,7-10H2,1-2H3,(H,22,26). The Labute approximate surface area is 166 Å². The van der Waals surface area contributed by atoms with Crippen molar-refractivity contribution in [3.8, 4) is 5.69 Å². The van der Waals surface area contributed by atoms with Crippen LogP contribution in [0.2, 0.25) is 0 Å². The lowest BCUT2D eigenvalue weighted by molar-refractivity contribution is -0.123. The van der Waals surface area contributed by atoms with Gasteiger partial charge in [-0.1, -0.05) is 26.0 Å². The highest BCUT2D eigenvalue weighted by Crippen LogP contribution is 2.31. The minimum atomic E-state index is -4.56. The Morgan fingerprint density at radius 3 is 2.62 bits per heavy atom. The number of amides is 1. The molecular formula is C18H21F3N4O3S. The maximum atomic E-state index is 13.2. The lowest BCUT2D eigenvalue weighted by atomic mass is 10.1. The molecule has 158 valence electrons. The van der Waals surface area contributed by atoms with E-state index in [9.17, 15) is 26.4 Å². The molecule has 1 amide bonds. The quantitative estimate of drug-likeness (QED) is 0.791. The molecule has 0 radical (unpaired) electrons. The van der Waals surface area contributed by atoms with Gasteiger partial charge in [-0.15, -0.1) is 0 Å². The van der Waals surface area contributed by atoms with Crippen molar-refractivity contribution in [2.75, 3.05) is 13.1 Å². The molecule has 0 spiro atoms. The first-order valence-electron chi connectivity index (χ1n) is 9.01. The number of nitrogens with one attached hydrogen (secondary N) is 1. The summed E-state index contributed by atoms with van der Waals surface area (Å²) in [6.07, 6.45) is -2.71. The van der Waals surface area contributed by atoms with Gasteiger partial charge in [0.25, 0.3) is 5.91 Å². The minimum absolute atomic E-state index is 0.0576. The van der Waals surface area contributed by atoms with Crippen LogP contribution in [0.4, 0.5) is 13.2 Å². The summed E-state index contributed by atoms with van der Waals surface area (Å²) >= 11 is 0. The second kappa shape index (κ2) is 7.79. The van der Waals surface area contributed by atoms with Gasteiger partial charge in [0.2, 0.25) is 10.0 Å². The second-order valence-corrected chi connectivity index (χ2v) is 9.10. The molecule has 0 fully saturated rings. The number of nitrogens with zero attached hydrogens (tertiary/aromatic N) is 3. The Morgan fingerprint density at radius 2 is 1.97 bits per heavy atom. The molecule has 3 rings (SSSR count). The van der Waals surface area contributed by atoms with E-state index >= 15 is 0 Å². The largest absolute Gasteiger partial charge is 0.405 e. The predicted octanol–water partition coefficient (Wildman–Crippen LogP) is 2.71. The Balaban J connectivity index is 2.06. The Bertz CT molecular complexity index is 1020. The lowest BCUT2D eigenvalue weighted by Crippen LogP contribution is -2.35. The Kier molecular flexibility index (Phi) is 5.72. The summed E-state index contributed by atoms with van der Waals surface area (Å²) in [7, 11) is -3.86. The van der Waals surface area contributed by atoms with E-state index < -0.39 is 28.7 Å². The highest BCUT2D eigenvalue weighted by Gasteiger charge is 2.35. The second-order valence-electron chi connectivity index (χ2n) is 7.20. The van der Waals surface area contributed by atoms with Gasteiger partial charge in [0, 0.05) is 6.54 Å². The molecule has 0 saturated carbocycles. The number of sulfonamides is 1. The molecule has 1 N–H and O–H groups in total. The number of benzene rings is 1. The van der Waals surface area contributed by atoms with Crippen molar-refractivity contribution in [1.82, 2.24) is 19.2 Å². The fraction of sp³-hybridized carbons (Fsp3) is 0.444. The number of aromatic nitrogens is 2. The van der Waals surface area contributed by atoms with Crippen LogP contribution in [0.1, 0.15) is 36.5 Å². The van der Waals surface area contributed by atoms with Crippen LogP contribution in [0.15, 0.2) is 35.5 Å². The molecule has 0 saturated heterocycles. The summed E-state index contributed by atoms with van der Waals surface area (Å²) in [6.45, 7) is 2.46. The lowest BCUT2D eigenvalue weighted by Gasteiger charge is -2.21. The zero-order valence-electron chi connectivity index (χ0n) is 15.9. The van der Waals surface area contributed by atoms with Crippen LogP contribution in [-0.4, -0.2) is 47.4 Å². The highest BCUT2D eigenvalue weighted by molar-refractivity contribution is 7.89. The predicted molar refractivity (Wildman–Crippen MR) is 99.0 cm³/mol. The van der Waals surface area contributed by atoms with Crippen LogP contribution in [0.25, 0.3) is 5.69 Å². The maximum absolute atomic E-state index is 13.2. The topological polar surface area (TPSA) is 84.3 Å². The van der Waals surface area contributed by atoms with Crippen molar-refractivity contribution in [2.45, 2.75) is 37.9 Å². The SMILES string of the molecule is CC(C)CCN1Cc2c(C(=O)NCC(F)(F)F)ncn2-c2ccccc2S1(=O)=O. The number of hydrogen-bond donors (Lipinski definition) is 1. The van der Waals surface area contributed by atoms with Gasteiger partial charge in [-0.05, 0) is 24.5 Å². The number of halogens is 3. The summed E-state index contributed by atoms with van der Waals surface area (Å²) < 4.78 is 66.5. The number of para-hydroxylation sites is 1. The number of imidazole rings is 1. The number of fused-ring (bicyclic) bond motifs is 3. The van der Waals surface area contributed by atoms with E-state index in [-0.39, 0.29) is 35.3 Å². The fourth-order valence-corrected chi connectivity index (χ4v) is 4.65. The minimum Gasteiger partial charge on any atom is -0.342 e. The first-order valence-corrected chi connectivity index (χ1v) is 10.5. The van der Waals surface area contributed by atoms with E-state index in [2.05, 4.69) is 4.98 Å². The smallest absolute Gasteiger partial charge is 0.342 e. The molecule has 7 nitrogen and oxygen atoms in total. The molecule has 0 unspecified atom stereocenters. The van der Waals surface area contributed by atoms with E-state index in [0.717, 1.165) is 0 Å². The van der Waals surface area contributed by atoms with E-state index in [4.69, 9.17) is 0 Å². The first kappa shape index (κ1) is 21.3. The molecule has 2 heterocycles. The van der Waals surface area contributed by atoms with Crippen LogP contribution in [0.5, 0.6) is 0 Å². The summed E-state index contributed by atoms with van der Waals surface area (Å²) in [5, 5.41) is 1.80. The van der Waals surface area contributed by atoms with E-state index in [1.807, 2.05) is 13.8 Å². The van der Waals surface area contributed by atoms with E-state index in [1.165, 1.54) is 21.3 Å². The number of alkyl halides is 3. The van der Waals surface area contributed by atoms with Crippen LogP contribution in [0, 0.1) is 5.92 Å². The molecule has 0 aliphatic carbocycles. The molecule has 1 aromatic carbocycles. The zero-order chi connectivity index (χ0) is 21.4. The Morgan fingerprint density at radius 1 is 1.28 bits per heavy atom. The van der Waals surface area contributed by atoms with Gasteiger partial charge in [0.1, 0.15) is 17.8 Å². The molecule has 0 atom stereocenters. The van der Waals surface area contributed by atoms with Crippen LogP contribution in [0.3, 0.4) is 0 Å². The van der Waals surface area contributed by atoms with Gasteiger partial charge in [-0.2, -0.15) is 17.5 Å². The summed E-state index contributed by atoms with van der Waals surface area (Å²) in [4.78, 5) is 16.4. The summed E-state index contributed by atoms with van der Waals surface area (Å²) in [5.41, 5.74) is 0.301. The van der Waals surface area contributed by atoms with Crippen LogP contribution < -0.4 is 5.32 Å². The van der Waals surface area contributed by atoms with Crippen LogP contribution in [-0.2, 0) is 16.6 Å². The summed E-state index contributed by atoms with van der Waals surface area (Å²) in [5.74, 6) is -0.764. The average molecular weight is 430 g/mol. The molecule has 1 aliphatic heterocycles. The van der Waals surface area contributed by atoms with Crippen molar-refractivity contribution in [3.05, 3.63) is 42.0 Å². The fourth-order valence-electron chi connectivity index (χ4n) is 3.05. The van der Waals surface area contributed by atoms with Crippen molar-refractivity contribution in [2.24, 2.45) is 5.92 Å². The van der Waals surface area contributed by atoms with E-state index in [0.29, 0.717) is 12.1 Å². The Hall–Kier alpha value is -2.40. The van der Waals surface area contributed by atoms with Crippen molar-refractivity contribution in [1.29, 1.82) is 0 Å². The number of hydrogen-bond acceptors (Lipinski definition) is 4. The maximum Gasteiger partial charge on any atom is 0.405 e. The van der Waals surface area contributed by atoms with Gasteiger partial charge in [-0.3, -0.25) is 9.36 Å². The first-order chi connectivity index (χ1) is 13.5. The highest BCUT2D eigenvalue weighted by atomic mass is 32.2. The van der Waals surface area contributed by atoms with Crippen molar-refractivity contribution < 1.29 is 26.4 Å². The van der Waals surface area contributed by atoms with Gasteiger partial charge >= 0.3 is 6.18 Å². The van der Waals surface area contributed by atoms with Gasteiger partial charge in [0.15, 0.2) is 5.69 Å². The molecule has 2 aromatic rings. The zero-order valence-corrected chi connectivity index (χ0v) is 16.7. The normalized spacial score (nSPS) is 16.2. The third-order valence-corrected chi connectivity index (χ3v) is 6.45. The van der Waals surface area contributed by atoms with Gasteiger partial charge < -0.3 is 5.32 Å². The number of carbonyl (C=O) groups is 1. The van der Waals surface area contributed by atoms with Crippen LogP contribution >= 0.6 is 0 Å². The third kappa shape index (κ3) is 4.45. The van der Waals surface area contributed by atoms with Gasteiger partial charge in [0.05, 0.1) is 17.9 Å². The molecule has 1 aliphatic rings. The van der Waals surface area contributed by atoms with E-state index in [1.54, 1.807) is 23.5 Å². The van der Waals surface area contributed by atoms with Crippen molar-refractivity contribution >= 4 is 15.9 Å². The number of rotatable bonds is 5. The molecule has 29 heavy (non-hydrogen) atoms. The molecular weight excluding hydrogens is 409 g/mol. The van der Waals surface area contributed by atoms with Gasteiger partial charge in [-0.25, -0.2) is 13.4 Å². The number of carbonyl (C=O) groups excluding carboxylic acids is 1. The summed E-state index contributed by atoms with van der Waals surface area (Å²) in [6, 6.07) is 6.27. The van der Waals surface area contributed by atoms with Crippen molar-refractivity contribution in [3.63, 3.8) is 0 Å².